The number of carbonyl (C=O) groups excluding carboxylic acids is 1. The molecule has 0 aromatic heterocycles. The minimum atomic E-state index is -3.44. The average molecular weight is 411 g/mol. The Hall–Kier alpha value is -2.86. The van der Waals surface area contributed by atoms with Crippen molar-refractivity contribution in [1.29, 1.82) is 0 Å². The van der Waals surface area contributed by atoms with E-state index in [4.69, 9.17) is 0 Å². The second-order valence-corrected chi connectivity index (χ2v) is 9.27. The third-order valence-electron chi connectivity index (χ3n) is 4.72. The van der Waals surface area contributed by atoms with E-state index in [1.54, 1.807) is 0 Å². The summed E-state index contributed by atoms with van der Waals surface area (Å²) in [7, 11) is -3.44. The monoisotopic (exact) mass is 410 g/mol. The normalized spacial score (nSPS) is 11.4. The van der Waals surface area contributed by atoms with E-state index in [2.05, 4.69) is 5.32 Å². The summed E-state index contributed by atoms with van der Waals surface area (Å²) in [6.07, 6.45) is 1.86. The molecule has 0 aliphatic rings. The molecule has 0 saturated heterocycles. The Bertz CT molecular complexity index is 1110. The van der Waals surface area contributed by atoms with E-state index in [1.807, 2.05) is 74.5 Å². The van der Waals surface area contributed by atoms with Gasteiger partial charge in [-0.15, -0.1) is 0 Å². The van der Waals surface area contributed by atoms with E-state index in [0.29, 0.717) is 12.1 Å². The largest absolute Gasteiger partial charge is 0.326 e. The van der Waals surface area contributed by atoms with Crippen LogP contribution < -0.4 is 9.62 Å². The predicted molar refractivity (Wildman–Crippen MR) is 120 cm³/mol. The maximum atomic E-state index is 12.5. The molecule has 3 aromatic rings. The van der Waals surface area contributed by atoms with Gasteiger partial charge < -0.3 is 5.32 Å². The van der Waals surface area contributed by atoms with Crippen molar-refractivity contribution in [2.75, 3.05) is 22.4 Å². The SMILES string of the molecule is Cc1cc(C)cc(N(CCCC(=O)Nc2cccc3ccccc23)S(C)(=O)=O)c1. The van der Waals surface area contributed by atoms with E-state index in [9.17, 15) is 13.2 Å². The quantitative estimate of drug-likeness (QED) is 0.617. The van der Waals surface area contributed by atoms with Gasteiger partial charge >= 0.3 is 0 Å². The molecule has 0 aliphatic heterocycles. The number of hydrogen-bond acceptors (Lipinski definition) is 3. The molecule has 1 N–H and O–H groups in total. The Morgan fingerprint density at radius 2 is 1.62 bits per heavy atom. The lowest BCUT2D eigenvalue weighted by Crippen LogP contribution is -2.31. The van der Waals surface area contributed by atoms with Crippen molar-refractivity contribution in [3.05, 3.63) is 71.8 Å². The van der Waals surface area contributed by atoms with Crippen molar-refractivity contribution >= 4 is 38.1 Å². The molecule has 1 amide bonds. The summed E-state index contributed by atoms with van der Waals surface area (Å²) >= 11 is 0. The molecule has 6 heteroatoms. The first-order valence-corrected chi connectivity index (χ1v) is 11.4. The Labute approximate surface area is 172 Å². The van der Waals surface area contributed by atoms with Gasteiger partial charge in [0, 0.05) is 24.0 Å². The molecule has 3 rings (SSSR count). The molecule has 29 heavy (non-hydrogen) atoms. The lowest BCUT2D eigenvalue weighted by molar-refractivity contribution is -0.116. The second-order valence-electron chi connectivity index (χ2n) is 7.36. The summed E-state index contributed by atoms with van der Waals surface area (Å²) in [5.74, 6) is -0.129. The van der Waals surface area contributed by atoms with Crippen LogP contribution in [0.5, 0.6) is 0 Å². The summed E-state index contributed by atoms with van der Waals surface area (Å²) in [6, 6.07) is 19.3. The van der Waals surface area contributed by atoms with E-state index < -0.39 is 10.0 Å². The fourth-order valence-corrected chi connectivity index (χ4v) is 4.46. The zero-order valence-corrected chi connectivity index (χ0v) is 17.8. The minimum absolute atomic E-state index is 0.129. The van der Waals surface area contributed by atoms with Gasteiger partial charge in [0.1, 0.15) is 0 Å². The van der Waals surface area contributed by atoms with Crippen LogP contribution in [0.15, 0.2) is 60.7 Å². The first-order valence-electron chi connectivity index (χ1n) is 9.58. The Kier molecular flexibility index (Phi) is 6.23. The molecular formula is C23H26N2O3S. The highest BCUT2D eigenvalue weighted by Crippen LogP contribution is 2.24. The average Bonchev–Trinajstić information content (AvgIpc) is 2.63. The van der Waals surface area contributed by atoms with Crippen LogP contribution in [-0.4, -0.2) is 27.1 Å². The van der Waals surface area contributed by atoms with Crippen LogP contribution >= 0.6 is 0 Å². The number of nitrogens with one attached hydrogen (secondary N) is 1. The molecule has 0 atom stereocenters. The predicted octanol–water partition coefficient (Wildman–Crippen LogP) is 4.64. The summed E-state index contributed by atoms with van der Waals surface area (Å²) in [5, 5.41) is 4.99. The molecule has 0 spiro atoms. The zero-order chi connectivity index (χ0) is 21.0. The number of amides is 1. The molecule has 0 aliphatic carbocycles. The standard InChI is InChI=1S/C23H26N2O3S/c1-17-14-18(2)16-20(15-17)25(29(3,27)28)13-7-12-23(26)24-22-11-6-9-19-8-4-5-10-21(19)22/h4-6,8-11,14-16H,7,12-13H2,1-3H3,(H,24,26). The maximum Gasteiger partial charge on any atom is 0.232 e. The Morgan fingerprint density at radius 3 is 2.31 bits per heavy atom. The number of aryl methyl sites for hydroxylation is 2. The molecule has 0 fully saturated rings. The van der Waals surface area contributed by atoms with Crippen LogP contribution in [0.2, 0.25) is 0 Å². The van der Waals surface area contributed by atoms with Crippen molar-refractivity contribution < 1.29 is 13.2 Å². The van der Waals surface area contributed by atoms with Crippen LogP contribution in [0.1, 0.15) is 24.0 Å². The summed E-state index contributed by atoms with van der Waals surface area (Å²) in [5.41, 5.74) is 3.41. The summed E-state index contributed by atoms with van der Waals surface area (Å²) < 4.78 is 26.0. The third-order valence-corrected chi connectivity index (χ3v) is 5.92. The number of anilines is 2. The van der Waals surface area contributed by atoms with Gasteiger partial charge in [-0.3, -0.25) is 9.10 Å². The van der Waals surface area contributed by atoms with Gasteiger partial charge in [0.2, 0.25) is 15.9 Å². The second kappa shape index (κ2) is 8.66. The van der Waals surface area contributed by atoms with Crippen molar-refractivity contribution in [1.82, 2.24) is 0 Å². The fraction of sp³-hybridized carbons (Fsp3) is 0.261. The molecule has 0 heterocycles. The third kappa shape index (κ3) is 5.35. The molecule has 5 nitrogen and oxygen atoms in total. The number of rotatable bonds is 7. The van der Waals surface area contributed by atoms with E-state index in [0.717, 1.165) is 27.6 Å². The molecule has 0 saturated carbocycles. The lowest BCUT2D eigenvalue weighted by Gasteiger charge is -2.23. The highest BCUT2D eigenvalue weighted by atomic mass is 32.2. The van der Waals surface area contributed by atoms with E-state index in [-0.39, 0.29) is 18.9 Å². The number of hydrogen-bond donors (Lipinski definition) is 1. The highest BCUT2D eigenvalue weighted by molar-refractivity contribution is 7.92. The van der Waals surface area contributed by atoms with Crippen LogP contribution in [0.3, 0.4) is 0 Å². The van der Waals surface area contributed by atoms with Gasteiger partial charge in [-0.25, -0.2) is 8.42 Å². The van der Waals surface area contributed by atoms with Crippen molar-refractivity contribution in [3.63, 3.8) is 0 Å². The highest BCUT2D eigenvalue weighted by Gasteiger charge is 2.18. The Balaban J connectivity index is 1.67. The first kappa shape index (κ1) is 20.9. The lowest BCUT2D eigenvalue weighted by atomic mass is 10.1. The zero-order valence-electron chi connectivity index (χ0n) is 17.0. The van der Waals surface area contributed by atoms with Gasteiger partial charge in [0.05, 0.1) is 11.9 Å². The van der Waals surface area contributed by atoms with Crippen LogP contribution in [-0.2, 0) is 14.8 Å². The van der Waals surface area contributed by atoms with Crippen molar-refractivity contribution in [2.24, 2.45) is 0 Å². The van der Waals surface area contributed by atoms with E-state index in [1.165, 1.54) is 10.6 Å². The molecular weight excluding hydrogens is 384 g/mol. The fourth-order valence-electron chi connectivity index (χ4n) is 3.51. The summed E-state index contributed by atoms with van der Waals surface area (Å²) in [4.78, 5) is 12.5. The molecule has 0 unspecified atom stereocenters. The van der Waals surface area contributed by atoms with E-state index >= 15 is 0 Å². The van der Waals surface area contributed by atoms with Crippen LogP contribution in [0.25, 0.3) is 10.8 Å². The first-order chi connectivity index (χ1) is 13.7. The van der Waals surface area contributed by atoms with Crippen molar-refractivity contribution in [3.8, 4) is 0 Å². The van der Waals surface area contributed by atoms with Gasteiger partial charge in [0.15, 0.2) is 0 Å². The van der Waals surface area contributed by atoms with Crippen LogP contribution in [0, 0.1) is 13.8 Å². The smallest absolute Gasteiger partial charge is 0.232 e. The number of benzene rings is 3. The van der Waals surface area contributed by atoms with Gasteiger partial charge in [-0.1, -0.05) is 42.5 Å². The van der Waals surface area contributed by atoms with Gasteiger partial charge in [-0.05, 0) is 55.0 Å². The minimum Gasteiger partial charge on any atom is -0.326 e. The summed E-state index contributed by atoms with van der Waals surface area (Å²) in [6.45, 7) is 4.13. The van der Waals surface area contributed by atoms with Crippen molar-refractivity contribution in [2.45, 2.75) is 26.7 Å². The molecule has 3 aromatic carbocycles. The number of nitrogens with zero attached hydrogens (tertiary/aromatic N) is 1. The molecule has 0 radical (unpaired) electrons. The van der Waals surface area contributed by atoms with Crippen LogP contribution in [0.4, 0.5) is 11.4 Å². The van der Waals surface area contributed by atoms with Gasteiger partial charge in [-0.2, -0.15) is 0 Å². The van der Waals surface area contributed by atoms with Gasteiger partial charge in [0.25, 0.3) is 0 Å². The number of sulfonamides is 1. The topological polar surface area (TPSA) is 66.5 Å². The number of fused-ring (bicyclic) bond motifs is 1. The number of carbonyl (C=O) groups is 1. The Morgan fingerprint density at radius 1 is 0.966 bits per heavy atom. The maximum absolute atomic E-state index is 12.5. The molecule has 0 bridgehead atoms. The molecule has 152 valence electrons.